The highest BCUT2D eigenvalue weighted by Gasteiger charge is 2.13. The van der Waals surface area contributed by atoms with Crippen molar-refractivity contribution >= 4 is 38.6 Å². The fraction of sp³-hybridized carbons (Fsp3) is 0.0769. The van der Waals surface area contributed by atoms with Gasteiger partial charge in [-0.15, -0.1) is 0 Å². The number of furan rings is 1. The monoisotopic (exact) mass is 320 g/mol. The second-order valence-electron chi connectivity index (χ2n) is 3.98. The number of nitrogens with one attached hydrogen (secondary N) is 1. The molecule has 0 unspecified atom stereocenters. The van der Waals surface area contributed by atoms with Crippen LogP contribution in [0.15, 0.2) is 44.0 Å². The predicted octanol–water partition coefficient (Wildman–Crippen LogP) is 3.74. The predicted molar refractivity (Wildman–Crippen MR) is 73.1 cm³/mol. The summed E-state index contributed by atoms with van der Waals surface area (Å²) in [7, 11) is 0. The van der Waals surface area contributed by atoms with Crippen molar-refractivity contribution in [2.24, 2.45) is 0 Å². The van der Waals surface area contributed by atoms with Crippen LogP contribution in [-0.2, 0) is 0 Å². The van der Waals surface area contributed by atoms with Crippen LogP contribution in [0.3, 0.4) is 0 Å². The number of nitrogens with zero attached hydrogens (tertiary/aromatic N) is 1. The molecule has 0 radical (unpaired) electrons. The molecule has 2 heterocycles. The first-order chi connectivity index (χ1) is 9.13. The summed E-state index contributed by atoms with van der Waals surface area (Å²) >= 11 is 3.17. The average molecular weight is 321 g/mol. The number of aromatic nitrogens is 1. The van der Waals surface area contributed by atoms with E-state index in [4.69, 9.17) is 8.83 Å². The quantitative estimate of drug-likeness (QED) is 0.780. The first-order valence-corrected chi connectivity index (χ1v) is 6.34. The van der Waals surface area contributed by atoms with E-state index in [2.05, 4.69) is 26.2 Å². The lowest BCUT2D eigenvalue weighted by atomic mass is 10.2. The van der Waals surface area contributed by atoms with Crippen molar-refractivity contribution in [3.05, 3.63) is 46.7 Å². The van der Waals surface area contributed by atoms with Crippen LogP contribution in [0.5, 0.6) is 0 Å². The van der Waals surface area contributed by atoms with E-state index in [-0.39, 0.29) is 5.91 Å². The molecule has 0 aliphatic rings. The molecule has 0 aliphatic heterocycles. The first-order valence-electron chi connectivity index (χ1n) is 5.55. The van der Waals surface area contributed by atoms with E-state index in [1.54, 1.807) is 31.2 Å². The van der Waals surface area contributed by atoms with Gasteiger partial charge in [-0.2, -0.15) is 0 Å². The van der Waals surface area contributed by atoms with Crippen LogP contribution in [0.2, 0.25) is 0 Å². The van der Waals surface area contributed by atoms with E-state index in [9.17, 15) is 4.79 Å². The normalized spacial score (nSPS) is 10.8. The highest BCUT2D eigenvalue weighted by atomic mass is 79.9. The summed E-state index contributed by atoms with van der Waals surface area (Å²) in [6.45, 7) is 1.78. The zero-order chi connectivity index (χ0) is 13.4. The van der Waals surface area contributed by atoms with Gasteiger partial charge in [-0.05, 0) is 40.2 Å². The van der Waals surface area contributed by atoms with E-state index in [1.807, 2.05) is 0 Å². The molecule has 5 nitrogen and oxygen atoms in total. The van der Waals surface area contributed by atoms with Gasteiger partial charge in [0.15, 0.2) is 16.1 Å². The maximum atomic E-state index is 12.0. The molecule has 0 spiro atoms. The van der Waals surface area contributed by atoms with Gasteiger partial charge in [0, 0.05) is 12.6 Å². The standard InChI is InChI=1S/C13H9BrN2O3/c1-7-15-10-6-8(2-3-11(10)19-7)16-13(17)9-4-5-18-12(9)14/h2-6H,1H3,(H,16,17). The third kappa shape index (κ3) is 2.26. The van der Waals surface area contributed by atoms with Gasteiger partial charge in [0.1, 0.15) is 5.52 Å². The molecule has 0 atom stereocenters. The average Bonchev–Trinajstić information content (AvgIpc) is 2.93. The minimum Gasteiger partial charge on any atom is -0.457 e. The number of carbonyl (C=O) groups is 1. The van der Waals surface area contributed by atoms with Crippen molar-refractivity contribution in [1.82, 2.24) is 4.98 Å². The van der Waals surface area contributed by atoms with Gasteiger partial charge in [0.25, 0.3) is 5.91 Å². The summed E-state index contributed by atoms with van der Waals surface area (Å²) in [5.74, 6) is 0.344. The SMILES string of the molecule is Cc1nc2cc(NC(=O)c3ccoc3Br)ccc2o1. The summed E-state index contributed by atoms with van der Waals surface area (Å²) < 4.78 is 10.8. The van der Waals surface area contributed by atoms with E-state index in [0.29, 0.717) is 32.9 Å². The van der Waals surface area contributed by atoms with Gasteiger partial charge in [-0.25, -0.2) is 4.98 Å². The number of anilines is 1. The number of halogens is 1. The summed E-state index contributed by atoms with van der Waals surface area (Å²) in [5.41, 5.74) is 2.50. The summed E-state index contributed by atoms with van der Waals surface area (Å²) in [4.78, 5) is 16.2. The van der Waals surface area contributed by atoms with E-state index in [1.165, 1.54) is 6.26 Å². The topological polar surface area (TPSA) is 68.3 Å². The molecule has 0 bridgehead atoms. The number of aryl methyl sites for hydroxylation is 1. The Hall–Kier alpha value is -2.08. The number of hydrogen-bond donors (Lipinski definition) is 1. The summed E-state index contributed by atoms with van der Waals surface area (Å²) in [5, 5.41) is 2.78. The zero-order valence-corrected chi connectivity index (χ0v) is 11.5. The van der Waals surface area contributed by atoms with Crippen molar-refractivity contribution in [3.8, 4) is 0 Å². The van der Waals surface area contributed by atoms with Gasteiger partial charge >= 0.3 is 0 Å². The molecule has 0 fully saturated rings. The number of rotatable bonds is 2. The van der Waals surface area contributed by atoms with E-state index in [0.717, 1.165) is 0 Å². The van der Waals surface area contributed by atoms with Crippen LogP contribution >= 0.6 is 15.9 Å². The maximum Gasteiger partial charge on any atom is 0.260 e. The van der Waals surface area contributed by atoms with Crippen LogP contribution < -0.4 is 5.32 Å². The second-order valence-corrected chi connectivity index (χ2v) is 4.70. The Labute approximate surface area is 116 Å². The largest absolute Gasteiger partial charge is 0.457 e. The second kappa shape index (κ2) is 4.55. The summed E-state index contributed by atoms with van der Waals surface area (Å²) in [6, 6.07) is 6.89. The third-order valence-electron chi connectivity index (χ3n) is 2.61. The number of fused-ring (bicyclic) bond motifs is 1. The Morgan fingerprint density at radius 1 is 1.37 bits per heavy atom. The van der Waals surface area contributed by atoms with Gasteiger partial charge in [-0.3, -0.25) is 4.79 Å². The maximum absolute atomic E-state index is 12.0. The molecule has 0 aliphatic carbocycles. The molecule has 19 heavy (non-hydrogen) atoms. The van der Waals surface area contributed by atoms with Crippen molar-refractivity contribution in [1.29, 1.82) is 0 Å². The number of oxazole rings is 1. The molecule has 0 saturated carbocycles. The Bertz CT molecular complexity index is 760. The van der Waals surface area contributed by atoms with E-state index >= 15 is 0 Å². The van der Waals surface area contributed by atoms with Crippen LogP contribution in [-0.4, -0.2) is 10.9 Å². The highest BCUT2D eigenvalue weighted by molar-refractivity contribution is 9.10. The van der Waals surface area contributed by atoms with Gasteiger partial charge in [0.2, 0.25) is 0 Å². The molecule has 2 aromatic heterocycles. The molecule has 0 saturated heterocycles. The van der Waals surface area contributed by atoms with Gasteiger partial charge < -0.3 is 14.2 Å². The van der Waals surface area contributed by atoms with Crippen molar-refractivity contribution in [2.45, 2.75) is 6.92 Å². The Morgan fingerprint density at radius 2 is 2.21 bits per heavy atom. The first kappa shape index (κ1) is 12.0. The number of carbonyl (C=O) groups excluding carboxylic acids is 1. The van der Waals surface area contributed by atoms with Crippen molar-refractivity contribution < 1.29 is 13.6 Å². The number of benzene rings is 1. The Kier molecular flexibility index (Phi) is 2.87. The molecular weight excluding hydrogens is 312 g/mol. The molecule has 3 rings (SSSR count). The Morgan fingerprint density at radius 3 is 2.95 bits per heavy atom. The fourth-order valence-corrected chi connectivity index (χ4v) is 2.19. The van der Waals surface area contributed by atoms with Crippen molar-refractivity contribution in [3.63, 3.8) is 0 Å². The third-order valence-corrected chi connectivity index (χ3v) is 3.23. The molecular formula is C13H9BrN2O3. The van der Waals surface area contributed by atoms with Crippen LogP contribution in [0.25, 0.3) is 11.1 Å². The summed E-state index contributed by atoms with van der Waals surface area (Å²) in [6.07, 6.45) is 1.45. The number of amides is 1. The fourth-order valence-electron chi connectivity index (χ4n) is 1.77. The minimum absolute atomic E-state index is 0.250. The van der Waals surface area contributed by atoms with Crippen LogP contribution in [0, 0.1) is 6.92 Å². The van der Waals surface area contributed by atoms with Crippen LogP contribution in [0.4, 0.5) is 5.69 Å². The smallest absolute Gasteiger partial charge is 0.260 e. The molecule has 1 aromatic carbocycles. The Balaban J connectivity index is 1.89. The molecule has 96 valence electrons. The van der Waals surface area contributed by atoms with E-state index < -0.39 is 0 Å². The lowest BCUT2D eigenvalue weighted by molar-refractivity contribution is 0.102. The lowest BCUT2D eigenvalue weighted by Crippen LogP contribution is -2.11. The molecule has 6 heteroatoms. The lowest BCUT2D eigenvalue weighted by Gasteiger charge is -2.03. The number of hydrogen-bond acceptors (Lipinski definition) is 4. The molecule has 1 amide bonds. The van der Waals surface area contributed by atoms with Gasteiger partial charge in [-0.1, -0.05) is 0 Å². The minimum atomic E-state index is -0.250. The van der Waals surface area contributed by atoms with Crippen LogP contribution in [0.1, 0.15) is 16.2 Å². The zero-order valence-electron chi connectivity index (χ0n) is 9.94. The molecule has 3 aromatic rings. The highest BCUT2D eigenvalue weighted by Crippen LogP contribution is 2.22. The van der Waals surface area contributed by atoms with Crippen molar-refractivity contribution in [2.75, 3.05) is 5.32 Å². The molecule has 1 N–H and O–H groups in total. The van der Waals surface area contributed by atoms with Gasteiger partial charge in [0.05, 0.1) is 11.8 Å².